The van der Waals surface area contributed by atoms with Crippen molar-refractivity contribution >= 4 is 6.09 Å². The van der Waals surface area contributed by atoms with Crippen molar-refractivity contribution in [2.24, 2.45) is 5.84 Å². The first kappa shape index (κ1) is 12.3. The average Bonchev–Trinajstić information content (AvgIpc) is 2.15. The van der Waals surface area contributed by atoms with Gasteiger partial charge in [0.15, 0.2) is 0 Å². The summed E-state index contributed by atoms with van der Waals surface area (Å²) < 4.78 is 5.29. The molecule has 0 aliphatic carbocycles. The third kappa shape index (κ3) is 4.05. The summed E-state index contributed by atoms with van der Waals surface area (Å²) in [7, 11) is 0. The molecule has 1 heterocycles. The average molecular weight is 215 g/mol. The molecule has 1 rings (SSSR count). The van der Waals surface area contributed by atoms with Gasteiger partial charge in [0.1, 0.15) is 5.60 Å². The number of amides is 1. The van der Waals surface area contributed by atoms with Crippen LogP contribution in [0, 0.1) is 0 Å². The molecule has 0 saturated carbocycles. The molecule has 0 spiro atoms. The lowest BCUT2D eigenvalue weighted by molar-refractivity contribution is 0.0188. The van der Waals surface area contributed by atoms with Crippen molar-refractivity contribution in [3.05, 3.63) is 0 Å². The summed E-state index contributed by atoms with van der Waals surface area (Å²) >= 11 is 0. The lowest BCUT2D eigenvalue weighted by Crippen LogP contribution is -2.51. The van der Waals surface area contributed by atoms with Gasteiger partial charge in [-0.05, 0) is 33.6 Å². The first-order chi connectivity index (χ1) is 6.92. The number of rotatable bonds is 1. The number of nitrogens with two attached hydrogens (primary N) is 1. The predicted octanol–water partition coefficient (Wildman–Crippen LogP) is 0.849. The standard InChI is InChI=1S/C10H21N3O2/c1-10(2,3)15-9(14)13-6-4-5-8(7-13)12-11/h8,12H,4-7,11H2,1-3H3/t8-/m1/s1. The summed E-state index contributed by atoms with van der Waals surface area (Å²) in [5.74, 6) is 5.36. The van der Waals surface area contributed by atoms with Crippen LogP contribution in [0.4, 0.5) is 4.79 Å². The summed E-state index contributed by atoms with van der Waals surface area (Å²) in [4.78, 5) is 13.4. The highest BCUT2D eigenvalue weighted by molar-refractivity contribution is 5.68. The Balaban J connectivity index is 2.45. The molecule has 0 aromatic rings. The van der Waals surface area contributed by atoms with Gasteiger partial charge in [-0.25, -0.2) is 4.79 Å². The zero-order chi connectivity index (χ0) is 11.5. The highest BCUT2D eigenvalue weighted by Gasteiger charge is 2.26. The second-order valence-electron chi connectivity index (χ2n) is 4.93. The topological polar surface area (TPSA) is 67.6 Å². The van der Waals surface area contributed by atoms with Crippen LogP contribution in [-0.2, 0) is 4.74 Å². The number of piperidine rings is 1. The highest BCUT2D eigenvalue weighted by atomic mass is 16.6. The van der Waals surface area contributed by atoms with E-state index in [2.05, 4.69) is 5.43 Å². The second-order valence-corrected chi connectivity index (χ2v) is 4.93. The predicted molar refractivity (Wildman–Crippen MR) is 58.2 cm³/mol. The third-order valence-electron chi connectivity index (χ3n) is 2.31. The van der Waals surface area contributed by atoms with Crippen molar-refractivity contribution in [2.75, 3.05) is 13.1 Å². The largest absolute Gasteiger partial charge is 0.444 e. The molecule has 5 nitrogen and oxygen atoms in total. The van der Waals surface area contributed by atoms with Crippen LogP contribution >= 0.6 is 0 Å². The van der Waals surface area contributed by atoms with E-state index in [0.29, 0.717) is 6.54 Å². The maximum absolute atomic E-state index is 11.7. The van der Waals surface area contributed by atoms with Gasteiger partial charge in [0.2, 0.25) is 0 Å². The van der Waals surface area contributed by atoms with Crippen LogP contribution in [0.2, 0.25) is 0 Å². The molecular weight excluding hydrogens is 194 g/mol. The summed E-state index contributed by atoms with van der Waals surface area (Å²) in [6.45, 7) is 6.99. The Morgan fingerprint density at radius 3 is 2.73 bits per heavy atom. The van der Waals surface area contributed by atoms with Crippen LogP contribution in [0.15, 0.2) is 0 Å². The smallest absolute Gasteiger partial charge is 0.410 e. The summed E-state index contributed by atoms with van der Waals surface area (Å²) in [6.07, 6.45) is 1.73. The van der Waals surface area contributed by atoms with E-state index >= 15 is 0 Å². The second kappa shape index (κ2) is 4.81. The van der Waals surface area contributed by atoms with Crippen molar-refractivity contribution in [3.8, 4) is 0 Å². The van der Waals surface area contributed by atoms with Gasteiger partial charge in [0.05, 0.1) is 0 Å². The molecule has 15 heavy (non-hydrogen) atoms. The maximum atomic E-state index is 11.7. The van der Waals surface area contributed by atoms with Crippen LogP contribution in [-0.4, -0.2) is 35.7 Å². The van der Waals surface area contributed by atoms with Gasteiger partial charge < -0.3 is 9.64 Å². The molecule has 3 N–H and O–H groups in total. The number of hydrogen-bond acceptors (Lipinski definition) is 4. The molecule has 0 bridgehead atoms. The molecule has 1 amide bonds. The van der Waals surface area contributed by atoms with E-state index in [1.54, 1.807) is 4.90 Å². The fourth-order valence-corrected chi connectivity index (χ4v) is 1.61. The van der Waals surface area contributed by atoms with E-state index in [1.807, 2.05) is 20.8 Å². The molecule has 0 radical (unpaired) electrons. The molecule has 1 aliphatic rings. The van der Waals surface area contributed by atoms with Crippen molar-refractivity contribution in [1.29, 1.82) is 0 Å². The summed E-state index contributed by atoms with van der Waals surface area (Å²) in [6, 6.07) is 0.186. The Labute approximate surface area is 90.9 Å². The van der Waals surface area contributed by atoms with E-state index in [4.69, 9.17) is 10.6 Å². The Hall–Kier alpha value is -0.810. The maximum Gasteiger partial charge on any atom is 0.410 e. The molecular formula is C10H21N3O2. The van der Waals surface area contributed by atoms with Crippen LogP contribution < -0.4 is 11.3 Å². The molecule has 1 aliphatic heterocycles. The van der Waals surface area contributed by atoms with Crippen molar-refractivity contribution in [1.82, 2.24) is 10.3 Å². The number of nitrogens with zero attached hydrogens (tertiary/aromatic N) is 1. The SMILES string of the molecule is CC(C)(C)OC(=O)N1CCC[C@@H](NN)C1. The van der Waals surface area contributed by atoms with E-state index in [0.717, 1.165) is 19.4 Å². The van der Waals surface area contributed by atoms with Gasteiger partial charge >= 0.3 is 6.09 Å². The van der Waals surface area contributed by atoms with Crippen molar-refractivity contribution in [3.63, 3.8) is 0 Å². The summed E-state index contributed by atoms with van der Waals surface area (Å²) in [5, 5.41) is 0. The minimum absolute atomic E-state index is 0.186. The van der Waals surface area contributed by atoms with Gasteiger partial charge in [-0.3, -0.25) is 11.3 Å². The summed E-state index contributed by atoms with van der Waals surface area (Å²) in [5.41, 5.74) is 2.27. The van der Waals surface area contributed by atoms with Gasteiger partial charge in [0, 0.05) is 19.1 Å². The van der Waals surface area contributed by atoms with Crippen LogP contribution in [0.1, 0.15) is 33.6 Å². The number of likely N-dealkylation sites (tertiary alicyclic amines) is 1. The molecule has 0 aromatic carbocycles. The molecule has 1 saturated heterocycles. The number of ether oxygens (including phenoxy) is 1. The van der Waals surface area contributed by atoms with Gasteiger partial charge in [-0.2, -0.15) is 0 Å². The lowest BCUT2D eigenvalue weighted by atomic mass is 10.1. The Kier molecular flexibility index (Phi) is 3.93. The minimum Gasteiger partial charge on any atom is -0.444 e. The Bertz CT molecular complexity index is 225. The number of hydrogen-bond donors (Lipinski definition) is 2. The monoisotopic (exact) mass is 215 g/mol. The van der Waals surface area contributed by atoms with E-state index in [-0.39, 0.29) is 12.1 Å². The Morgan fingerprint density at radius 2 is 2.20 bits per heavy atom. The van der Waals surface area contributed by atoms with Crippen molar-refractivity contribution in [2.45, 2.75) is 45.3 Å². The van der Waals surface area contributed by atoms with E-state index in [1.165, 1.54) is 0 Å². The first-order valence-corrected chi connectivity index (χ1v) is 5.36. The van der Waals surface area contributed by atoms with Gasteiger partial charge in [0.25, 0.3) is 0 Å². The molecule has 1 atom stereocenters. The normalized spacial score (nSPS) is 22.7. The molecule has 5 heteroatoms. The number of hydrazine groups is 1. The van der Waals surface area contributed by atoms with E-state index < -0.39 is 5.60 Å². The number of nitrogens with one attached hydrogen (secondary N) is 1. The minimum atomic E-state index is -0.430. The number of carbonyl (C=O) groups excluding carboxylic acids is 1. The molecule has 0 unspecified atom stereocenters. The highest BCUT2D eigenvalue weighted by Crippen LogP contribution is 2.14. The zero-order valence-corrected chi connectivity index (χ0v) is 9.75. The zero-order valence-electron chi connectivity index (χ0n) is 9.75. The van der Waals surface area contributed by atoms with E-state index in [9.17, 15) is 4.79 Å². The van der Waals surface area contributed by atoms with Crippen molar-refractivity contribution < 1.29 is 9.53 Å². The van der Waals surface area contributed by atoms with Crippen LogP contribution in [0.5, 0.6) is 0 Å². The Morgan fingerprint density at radius 1 is 1.53 bits per heavy atom. The molecule has 88 valence electrons. The molecule has 1 fully saturated rings. The van der Waals surface area contributed by atoms with Crippen LogP contribution in [0.25, 0.3) is 0 Å². The third-order valence-corrected chi connectivity index (χ3v) is 2.31. The van der Waals surface area contributed by atoms with Gasteiger partial charge in [-0.15, -0.1) is 0 Å². The molecule has 0 aromatic heterocycles. The van der Waals surface area contributed by atoms with Crippen LogP contribution in [0.3, 0.4) is 0 Å². The fraction of sp³-hybridized carbons (Fsp3) is 0.900. The van der Waals surface area contributed by atoms with Gasteiger partial charge in [-0.1, -0.05) is 0 Å². The fourth-order valence-electron chi connectivity index (χ4n) is 1.61. The lowest BCUT2D eigenvalue weighted by Gasteiger charge is -2.33. The first-order valence-electron chi connectivity index (χ1n) is 5.36. The quantitative estimate of drug-likeness (QED) is 0.502. The number of carbonyl (C=O) groups is 1.